The molecule has 1 unspecified atom stereocenters. The van der Waals surface area contributed by atoms with Gasteiger partial charge in [0.05, 0.1) is 6.61 Å². The van der Waals surface area contributed by atoms with Crippen LogP contribution in [0.1, 0.15) is 35.0 Å². The smallest absolute Gasteiger partial charge is 0.170 e. The Hall–Kier alpha value is -0.170. The lowest BCUT2D eigenvalue weighted by Gasteiger charge is -2.26. The van der Waals surface area contributed by atoms with Crippen molar-refractivity contribution in [2.24, 2.45) is 0 Å². The van der Waals surface area contributed by atoms with E-state index in [0.717, 1.165) is 18.4 Å². The largest absolute Gasteiger partial charge is 0.347 e. The molecular formula is C15H22INO2. The molecule has 0 amide bonds. The number of benzene rings is 1. The molecule has 3 nitrogen and oxygen atoms in total. The Balaban J connectivity index is 0.00000176. The first-order chi connectivity index (χ1) is 9.99. The first-order valence-electron chi connectivity index (χ1n) is 8.10. The van der Waals surface area contributed by atoms with E-state index in [4.69, 9.17) is 13.6 Å². The quantitative estimate of drug-likeness (QED) is 0.701. The van der Waals surface area contributed by atoms with Gasteiger partial charge in [0.25, 0.3) is 0 Å². The van der Waals surface area contributed by atoms with Gasteiger partial charge in [-0.3, -0.25) is 0 Å². The molecule has 0 aromatic heterocycles. The number of rotatable bonds is 1. The summed E-state index contributed by atoms with van der Waals surface area (Å²) in [6, 6.07) is 10.0. The van der Waals surface area contributed by atoms with Gasteiger partial charge < -0.3 is 14.4 Å². The summed E-state index contributed by atoms with van der Waals surface area (Å²) in [6.45, 7) is -0.431. The molecule has 0 aliphatic carbocycles. The molecule has 0 radical (unpaired) electrons. The fourth-order valence-corrected chi connectivity index (χ4v) is 2.73. The molecule has 2 aliphatic rings. The SMILES string of the molecule is I.[2H]C([2H])([2H])N1CCCC2(CC1)OC[C@@H](c1ccccc1)O2. The van der Waals surface area contributed by atoms with E-state index >= 15 is 0 Å². The molecule has 106 valence electrons. The van der Waals surface area contributed by atoms with Crippen molar-refractivity contribution in [3.05, 3.63) is 35.9 Å². The monoisotopic (exact) mass is 378 g/mol. The molecule has 0 N–H and O–H groups in total. The maximum Gasteiger partial charge on any atom is 0.170 e. The molecular weight excluding hydrogens is 353 g/mol. The number of nitrogens with zero attached hydrogens (tertiary/aromatic N) is 1. The van der Waals surface area contributed by atoms with Crippen molar-refractivity contribution >= 4 is 24.0 Å². The second-order valence-corrected chi connectivity index (χ2v) is 5.08. The minimum atomic E-state index is -2.02. The topological polar surface area (TPSA) is 21.7 Å². The molecule has 19 heavy (non-hydrogen) atoms. The summed E-state index contributed by atoms with van der Waals surface area (Å²) in [5.74, 6) is -0.611. The van der Waals surface area contributed by atoms with Crippen molar-refractivity contribution in [2.45, 2.75) is 31.2 Å². The van der Waals surface area contributed by atoms with Gasteiger partial charge in [0.1, 0.15) is 6.10 Å². The Morgan fingerprint density at radius 1 is 1.26 bits per heavy atom. The van der Waals surface area contributed by atoms with Crippen LogP contribution in [-0.4, -0.2) is 37.4 Å². The zero-order chi connectivity index (χ0) is 14.9. The normalized spacial score (nSPS) is 34.9. The highest BCUT2D eigenvalue weighted by atomic mass is 127. The summed E-state index contributed by atoms with van der Waals surface area (Å²) in [7, 11) is 0. The summed E-state index contributed by atoms with van der Waals surface area (Å²) in [4.78, 5) is 1.55. The van der Waals surface area contributed by atoms with Crippen molar-refractivity contribution in [3.8, 4) is 0 Å². The lowest BCUT2D eigenvalue weighted by atomic mass is 10.1. The van der Waals surface area contributed by atoms with Crippen LogP contribution in [0.2, 0.25) is 0 Å². The van der Waals surface area contributed by atoms with E-state index in [1.54, 1.807) is 4.90 Å². The lowest BCUT2D eigenvalue weighted by molar-refractivity contribution is -0.175. The summed E-state index contributed by atoms with van der Waals surface area (Å²) >= 11 is 0. The molecule has 0 bridgehead atoms. The van der Waals surface area contributed by atoms with E-state index in [2.05, 4.69) is 0 Å². The molecule has 1 aromatic carbocycles. The van der Waals surface area contributed by atoms with E-state index in [1.165, 1.54) is 0 Å². The number of ether oxygens (including phenoxy) is 2. The highest BCUT2D eigenvalue weighted by molar-refractivity contribution is 14.0. The Bertz CT molecular complexity index is 485. The molecule has 3 rings (SSSR count). The molecule has 1 aromatic rings. The first kappa shape index (κ1) is 11.5. The van der Waals surface area contributed by atoms with Gasteiger partial charge in [-0.1, -0.05) is 30.3 Å². The molecule has 0 saturated carbocycles. The predicted molar refractivity (Wildman–Crippen MR) is 85.7 cm³/mol. The molecule has 2 aliphatic heterocycles. The fraction of sp³-hybridized carbons (Fsp3) is 0.600. The maximum absolute atomic E-state index is 7.53. The van der Waals surface area contributed by atoms with Gasteiger partial charge in [-0.05, 0) is 25.5 Å². The maximum atomic E-state index is 7.53. The zero-order valence-corrected chi connectivity index (χ0v) is 13.2. The van der Waals surface area contributed by atoms with Crippen LogP contribution in [0.4, 0.5) is 0 Å². The summed E-state index contributed by atoms with van der Waals surface area (Å²) < 4.78 is 34.7. The highest BCUT2D eigenvalue weighted by Gasteiger charge is 2.42. The van der Waals surface area contributed by atoms with Crippen LogP contribution >= 0.6 is 24.0 Å². The third-order valence-corrected chi connectivity index (χ3v) is 3.77. The van der Waals surface area contributed by atoms with Gasteiger partial charge >= 0.3 is 0 Å². The standard InChI is InChI=1S/C15H21NO2.HI/c1-16-10-5-8-15(9-11-16)17-12-14(18-15)13-6-3-2-4-7-13;/h2-4,6-7,14H,5,8-12H2,1H3;1H/t14-,15?;/m0./s1/i1D3;. The lowest BCUT2D eigenvalue weighted by Crippen LogP contribution is -2.31. The average molecular weight is 378 g/mol. The van der Waals surface area contributed by atoms with Crippen LogP contribution < -0.4 is 0 Å². The first-order valence-corrected chi connectivity index (χ1v) is 6.60. The minimum Gasteiger partial charge on any atom is -0.347 e. The summed E-state index contributed by atoms with van der Waals surface area (Å²) in [5.41, 5.74) is 1.12. The molecule has 2 saturated heterocycles. The Labute approximate surface area is 136 Å². The summed E-state index contributed by atoms with van der Waals surface area (Å²) in [6.07, 6.45) is 2.09. The minimum absolute atomic E-state index is 0. The van der Waals surface area contributed by atoms with Crippen LogP contribution in [-0.2, 0) is 9.47 Å². The third kappa shape index (κ3) is 3.48. The van der Waals surface area contributed by atoms with Gasteiger partial charge in [0.15, 0.2) is 5.79 Å². The van der Waals surface area contributed by atoms with Gasteiger partial charge in [0, 0.05) is 23.5 Å². The van der Waals surface area contributed by atoms with Gasteiger partial charge in [0.2, 0.25) is 0 Å². The van der Waals surface area contributed by atoms with Crippen molar-refractivity contribution in [3.63, 3.8) is 0 Å². The van der Waals surface area contributed by atoms with Crippen molar-refractivity contribution in [1.29, 1.82) is 0 Å². The van der Waals surface area contributed by atoms with Crippen LogP contribution in [0.15, 0.2) is 30.3 Å². The molecule has 2 atom stereocenters. The zero-order valence-electron chi connectivity index (χ0n) is 13.9. The van der Waals surface area contributed by atoms with Gasteiger partial charge in [-0.25, -0.2) is 0 Å². The molecule has 2 heterocycles. The highest BCUT2D eigenvalue weighted by Crippen LogP contribution is 2.39. The van der Waals surface area contributed by atoms with E-state index in [-0.39, 0.29) is 30.1 Å². The number of hydrogen-bond donors (Lipinski definition) is 0. The van der Waals surface area contributed by atoms with E-state index in [9.17, 15) is 0 Å². The van der Waals surface area contributed by atoms with E-state index in [0.29, 0.717) is 26.1 Å². The van der Waals surface area contributed by atoms with Crippen LogP contribution in [0.5, 0.6) is 0 Å². The summed E-state index contributed by atoms with van der Waals surface area (Å²) in [5, 5.41) is 0. The Kier molecular flexibility index (Phi) is 3.94. The molecule has 2 fully saturated rings. The van der Waals surface area contributed by atoms with Gasteiger partial charge in [-0.2, -0.15) is 0 Å². The second-order valence-electron chi connectivity index (χ2n) is 5.08. The van der Waals surface area contributed by atoms with Crippen LogP contribution in [0.3, 0.4) is 0 Å². The Morgan fingerprint density at radius 3 is 2.89 bits per heavy atom. The van der Waals surface area contributed by atoms with E-state index < -0.39 is 12.8 Å². The van der Waals surface area contributed by atoms with Crippen LogP contribution in [0.25, 0.3) is 0 Å². The predicted octanol–water partition coefficient (Wildman–Crippen LogP) is 3.20. The molecule has 4 heteroatoms. The van der Waals surface area contributed by atoms with Crippen molar-refractivity contribution in [2.75, 3.05) is 26.7 Å². The van der Waals surface area contributed by atoms with Gasteiger partial charge in [-0.15, -0.1) is 24.0 Å². The van der Waals surface area contributed by atoms with Crippen molar-refractivity contribution in [1.82, 2.24) is 4.90 Å². The average Bonchev–Trinajstić information content (AvgIpc) is 2.74. The van der Waals surface area contributed by atoms with Crippen LogP contribution in [0, 0.1) is 0 Å². The fourth-order valence-electron chi connectivity index (χ4n) is 2.73. The van der Waals surface area contributed by atoms with Crippen molar-refractivity contribution < 1.29 is 13.6 Å². The Morgan fingerprint density at radius 2 is 2.11 bits per heavy atom. The number of halogens is 1. The van der Waals surface area contributed by atoms with E-state index in [1.807, 2.05) is 30.3 Å². The second kappa shape index (κ2) is 6.52. The number of hydrogen-bond acceptors (Lipinski definition) is 3. The molecule has 1 spiro atoms. The number of likely N-dealkylation sites (tertiary alicyclic amines) is 1. The third-order valence-electron chi connectivity index (χ3n) is 3.77.